The first-order chi connectivity index (χ1) is 10.2. The minimum Gasteiger partial charge on any atom is -0.497 e. The van der Waals surface area contributed by atoms with Crippen LogP contribution in [-0.2, 0) is 23.0 Å². The first-order valence-electron chi connectivity index (χ1n) is 7.15. The maximum atomic E-state index is 5.43. The van der Waals surface area contributed by atoms with Gasteiger partial charge in [-0.1, -0.05) is 29.8 Å². The van der Waals surface area contributed by atoms with Gasteiger partial charge in [-0.3, -0.25) is 0 Å². The summed E-state index contributed by atoms with van der Waals surface area (Å²) in [5, 5.41) is 0. The zero-order valence-corrected chi connectivity index (χ0v) is 14.2. The largest absolute Gasteiger partial charge is 0.497 e. The van der Waals surface area contributed by atoms with E-state index >= 15 is 0 Å². The predicted octanol–water partition coefficient (Wildman–Crippen LogP) is 5.18. The van der Waals surface area contributed by atoms with Crippen LogP contribution < -0.4 is 4.74 Å². The summed E-state index contributed by atoms with van der Waals surface area (Å²) in [6.07, 6.45) is 0. The van der Waals surface area contributed by atoms with E-state index in [-0.39, 0.29) is 0 Å². The molecule has 1 nitrogen and oxygen atoms in total. The van der Waals surface area contributed by atoms with Crippen LogP contribution in [0.25, 0.3) is 0 Å². The smallest absolute Gasteiger partial charge is 0.119 e. The number of methoxy groups -OCH3 is 1. The van der Waals surface area contributed by atoms with Crippen LogP contribution >= 0.6 is 23.5 Å². The normalized spacial score (nSPS) is 15.0. The maximum absolute atomic E-state index is 5.43. The molecule has 0 amide bonds. The number of rotatable bonds is 1. The number of fused-ring (bicyclic) bond motifs is 4. The minimum absolute atomic E-state index is 0.982. The van der Waals surface area contributed by atoms with E-state index in [1.165, 1.54) is 27.8 Å². The van der Waals surface area contributed by atoms with Crippen molar-refractivity contribution >= 4 is 23.5 Å². The lowest BCUT2D eigenvalue weighted by atomic mass is 10.1. The Hall–Kier alpha value is -1.06. The van der Waals surface area contributed by atoms with Crippen molar-refractivity contribution in [2.45, 2.75) is 29.9 Å². The molecule has 0 atom stereocenters. The number of benzene rings is 2. The Morgan fingerprint density at radius 1 is 0.714 bits per heavy atom. The Bertz CT molecular complexity index is 591. The molecule has 2 aromatic carbocycles. The second-order valence-corrected chi connectivity index (χ2v) is 7.47. The second-order valence-electron chi connectivity index (χ2n) is 5.50. The lowest BCUT2D eigenvalue weighted by Crippen LogP contribution is -1.94. The van der Waals surface area contributed by atoms with Crippen LogP contribution in [-0.4, -0.2) is 7.11 Å². The van der Waals surface area contributed by atoms with Crippen LogP contribution in [0.3, 0.4) is 0 Å². The predicted molar refractivity (Wildman–Crippen MR) is 94.2 cm³/mol. The zero-order chi connectivity index (χ0) is 14.7. The Labute approximate surface area is 135 Å². The molecule has 0 spiro atoms. The molecule has 3 rings (SSSR count). The zero-order valence-electron chi connectivity index (χ0n) is 12.5. The van der Waals surface area contributed by atoms with E-state index in [2.05, 4.69) is 43.3 Å². The van der Waals surface area contributed by atoms with E-state index in [4.69, 9.17) is 4.74 Å². The van der Waals surface area contributed by atoms with Crippen molar-refractivity contribution in [1.82, 2.24) is 0 Å². The fourth-order valence-corrected chi connectivity index (χ4v) is 4.51. The summed E-state index contributed by atoms with van der Waals surface area (Å²) < 4.78 is 5.43. The molecule has 1 aliphatic heterocycles. The van der Waals surface area contributed by atoms with Gasteiger partial charge in [-0.2, -0.15) is 23.5 Å². The molecule has 0 radical (unpaired) electrons. The summed E-state index contributed by atoms with van der Waals surface area (Å²) in [5.41, 5.74) is 6.99. The average Bonchev–Trinajstić information content (AvgIpc) is 2.45. The highest BCUT2D eigenvalue weighted by Gasteiger charge is 2.06. The van der Waals surface area contributed by atoms with Crippen LogP contribution in [0.5, 0.6) is 5.75 Å². The van der Waals surface area contributed by atoms with Crippen molar-refractivity contribution in [1.29, 1.82) is 0 Å². The lowest BCUT2D eigenvalue weighted by Gasteiger charge is -2.12. The van der Waals surface area contributed by atoms with Gasteiger partial charge in [0.1, 0.15) is 5.75 Å². The van der Waals surface area contributed by atoms with Gasteiger partial charge in [-0.05, 0) is 41.3 Å². The molecule has 0 N–H and O–H groups in total. The molecule has 3 heteroatoms. The molecule has 4 bridgehead atoms. The van der Waals surface area contributed by atoms with Gasteiger partial charge in [0.15, 0.2) is 0 Å². The van der Waals surface area contributed by atoms with E-state index in [0.717, 1.165) is 28.8 Å². The molecule has 0 aliphatic carbocycles. The van der Waals surface area contributed by atoms with Gasteiger partial charge >= 0.3 is 0 Å². The van der Waals surface area contributed by atoms with Gasteiger partial charge in [0.2, 0.25) is 0 Å². The van der Waals surface area contributed by atoms with Crippen LogP contribution in [0.1, 0.15) is 27.8 Å². The van der Waals surface area contributed by atoms with Crippen molar-refractivity contribution in [3.63, 3.8) is 0 Å². The highest BCUT2D eigenvalue weighted by molar-refractivity contribution is 7.98. The third-order valence-corrected chi connectivity index (χ3v) is 5.68. The Morgan fingerprint density at radius 3 is 1.57 bits per heavy atom. The van der Waals surface area contributed by atoms with E-state index in [0.29, 0.717) is 0 Å². The fourth-order valence-electron chi connectivity index (χ4n) is 2.70. The van der Waals surface area contributed by atoms with Gasteiger partial charge in [-0.15, -0.1) is 0 Å². The Balaban J connectivity index is 1.87. The molecule has 0 saturated carbocycles. The average molecular weight is 316 g/mol. The van der Waals surface area contributed by atoms with E-state index in [9.17, 15) is 0 Å². The number of ether oxygens (including phenoxy) is 1. The van der Waals surface area contributed by atoms with Gasteiger partial charge in [0, 0.05) is 23.0 Å². The van der Waals surface area contributed by atoms with Crippen LogP contribution in [0, 0.1) is 6.92 Å². The molecular weight excluding hydrogens is 296 g/mol. The van der Waals surface area contributed by atoms with Crippen molar-refractivity contribution in [2.75, 3.05) is 7.11 Å². The standard InChI is InChI=1S/C18H20OS2/c1-13-3-14-5-15(4-13)10-21-12-17-6-16(11-20-9-14)7-18(8-17)19-2/h3-8H,9-12H2,1-2H3. The molecule has 21 heavy (non-hydrogen) atoms. The third-order valence-electron chi connectivity index (χ3n) is 3.53. The highest BCUT2D eigenvalue weighted by atomic mass is 32.2. The van der Waals surface area contributed by atoms with Crippen molar-refractivity contribution in [3.8, 4) is 5.75 Å². The number of hydrogen-bond donors (Lipinski definition) is 0. The Morgan fingerprint density at radius 2 is 1.14 bits per heavy atom. The first-order valence-corrected chi connectivity index (χ1v) is 9.45. The molecule has 1 heterocycles. The second kappa shape index (κ2) is 6.80. The monoisotopic (exact) mass is 316 g/mol. The fraction of sp³-hybridized carbons (Fsp3) is 0.333. The molecule has 1 aliphatic rings. The summed E-state index contributed by atoms with van der Waals surface area (Å²) in [7, 11) is 1.75. The van der Waals surface area contributed by atoms with Crippen molar-refractivity contribution < 1.29 is 4.74 Å². The quantitative estimate of drug-likeness (QED) is 0.717. The third kappa shape index (κ3) is 3.98. The topological polar surface area (TPSA) is 9.23 Å². The van der Waals surface area contributed by atoms with E-state index in [1.807, 2.05) is 23.5 Å². The summed E-state index contributed by atoms with van der Waals surface area (Å²) >= 11 is 3.95. The summed E-state index contributed by atoms with van der Waals surface area (Å²) in [5.74, 6) is 5.21. The number of hydrogen-bond acceptors (Lipinski definition) is 3. The molecular formula is C18H20OS2. The molecule has 0 fully saturated rings. The SMILES string of the molecule is COc1cc2cc(c1)CSCc1cc(C)cc(c1)CSC2. The van der Waals surface area contributed by atoms with Gasteiger partial charge in [-0.25, -0.2) is 0 Å². The molecule has 110 valence electrons. The molecule has 0 saturated heterocycles. The lowest BCUT2D eigenvalue weighted by molar-refractivity contribution is 0.414. The molecule has 2 aromatic rings. The minimum atomic E-state index is 0.982. The number of thioether (sulfide) groups is 2. The van der Waals surface area contributed by atoms with Gasteiger partial charge < -0.3 is 4.74 Å². The van der Waals surface area contributed by atoms with Gasteiger partial charge in [0.05, 0.1) is 7.11 Å². The summed E-state index contributed by atoms with van der Waals surface area (Å²) in [4.78, 5) is 0. The summed E-state index contributed by atoms with van der Waals surface area (Å²) in [6, 6.07) is 13.6. The highest BCUT2D eigenvalue weighted by Crippen LogP contribution is 2.28. The van der Waals surface area contributed by atoms with Crippen LogP contribution in [0.15, 0.2) is 36.4 Å². The molecule has 0 aromatic heterocycles. The molecule has 0 unspecified atom stereocenters. The van der Waals surface area contributed by atoms with Gasteiger partial charge in [0.25, 0.3) is 0 Å². The Kier molecular flexibility index (Phi) is 4.81. The van der Waals surface area contributed by atoms with Crippen molar-refractivity contribution in [2.24, 2.45) is 0 Å². The first kappa shape index (κ1) is 14.9. The van der Waals surface area contributed by atoms with Crippen LogP contribution in [0.2, 0.25) is 0 Å². The number of aryl methyl sites for hydroxylation is 1. The maximum Gasteiger partial charge on any atom is 0.119 e. The van der Waals surface area contributed by atoms with E-state index < -0.39 is 0 Å². The van der Waals surface area contributed by atoms with Crippen LogP contribution in [0.4, 0.5) is 0 Å². The van der Waals surface area contributed by atoms with Crippen molar-refractivity contribution in [3.05, 3.63) is 64.2 Å². The van der Waals surface area contributed by atoms with E-state index in [1.54, 1.807) is 7.11 Å². The summed E-state index contributed by atoms with van der Waals surface area (Å²) in [6.45, 7) is 2.20.